The molecule has 0 bridgehead atoms. The molecule has 3 aromatic rings. The summed E-state index contributed by atoms with van der Waals surface area (Å²) in [6.07, 6.45) is 0.0396. The number of fused-ring (bicyclic) bond motifs is 5. The predicted molar refractivity (Wildman–Crippen MR) is 123 cm³/mol. The van der Waals surface area contributed by atoms with Crippen molar-refractivity contribution in [2.45, 2.75) is 18.3 Å². The Morgan fingerprint density at radius 3 is 2.44 bits per heavy atom. The van der Waals surface area contributed by atoms with Crippen molar-refractivity contribution in [2.75, 3.05) is 4.90 Å². The van der Waals surface area contributed by atoms with Gasteiger partial charge < -0.3 is 9.32 Å². The molecule has 1 aromatic heterocycles. The molecule has 3 aliphatic heterocycles. The van der Waals surface area contributed by atoms with Gasteiger partial charge in [-0.2, -0.15) is 13.2 Å². The molecule has 36 heavy (non-hydrogen) atoms. The number of carbonyl (C=O) groups is 3. The Morgan fingerprint density at radius 1 is 0.972 bits per heavy atom. The smallest absolute Gasteiger partial charge is 0.417 e. The van der Waals surface area contributed by atoms with Gasteiger partial charge >= 0.3 is 6.18 Å². The third-order valence-electron chi connectivity index (χ3n) is 7.01. The van der Waals surface area contributed by atoms with E-state index in [9.17, 15) is 27.6 Å². The number of imide groups is 1. The number of alkyl halides is 3. The van der Waals surface area contributed by atoms with Crippen LogP contribution >= 0.6 is 11.6 Å². The second-order valence-electron chi connectivity index (χ2n) is 8.85. The molecule has 6 nitrogen and oxygen atoms in total. The van der Waals surface area contributed by atoms with E-state index >= 15 is 0 Å². The van der Waals surface area contributed by atoms with E-state index in [1.165, 1.54) is 18.4 Å². The van der Waals surface area contributed by atoms with Gasteiger partial charge in [-0.05, 0) is 47.5 Å². The van der Waals surface area contributed by atoms with Crippen molar-refractivity contribution >= 4 is 41.0 Å². The molecular formula is C26H16ClF3N2O4. The Bertz CT molecular complexity index is 1450. The number of halogens is 4. The van der Waals surface area contributed by atoms with Gasteiger partial charge in [-0.25, -0.2) is 4.90 Å². The maximum absolute atomic E-state index is 13.8. The van der Waals surface area contributed by atoms with Crippen molar-refractivity contribution in [1.82, 2.24) is 4.90 Å². The molecule has 0 aliphatic carbocycles. The maximum Gasteiger partial charge on any atom is 0.417 e. The minimum atomic E-state index is -4.78. The number of nitrogens with zero attached hydrogens (tertiary/aromatic N) is 2. The van der Waals surface area contributed by atoms with Crippen LogP contribution in [-0.2, 0) is 15.8 Å². The van der Waals surface area contributed by atoms with Crippen LogP contribution in [0.3, 0.4) is 0 Å². The van der Waals surface area contributed by atoms with Gasteiger partial charge in [-0.3, -0.25) is 14.4 Å². The minimum Gasteiger partial charge on any atom is -0.461 e. The van der Waals surface area contributed by atoms with Gasteiger partial charge in [0.05, 0.1) is 40.4 Å². The number of Topliss-reactive ketones (excluding diaryl/α,β-unsaturated/α-hetero) is 1. The molecule has 2 saturated heterocycles. The summed E-state index contributed by atoms with van der Waals surface area (Å²) in [5.41, 5.74) is 0.176. The summed E-state index contributed by atoms with van der Waals surface area (Å²) in [6.45, 7) is 0. The SMILES string of the molecule is O=C(c1ccco1)[C@@H]1[C@@H]2C(=O)N(c3ccc(Cl)c(C(F)(F)F)c3)C(=O)[C@H]2[C@@H]2c3ccccc3C=CN12. The van der Waals surface area contributed by atoms with E-state index in [4.69, 9.17) is 16.0 Å². The number of rotatable bonds is 3. The zero-order valence-corrected chi connectivity index (χ0v) is 19.0. The van der Waals surface area contributed by atoms with Gasteiger partial charge in [-0.1, -0.05) is 35.9 Å². The van der Waals surface area contributed by atoms with E-state index in [2.05, 4.69) is 0 Å². The number of carbonyl (C=O) groups excluding carboxylic acids is 3. The molecule has 4 heterocycles. The summed E-state index contributed by atoms with van der Waals surface area (Å²) < 4.78 is 45.8. The first-order valence-electron chi connectivity index (χ1n) is 11.1. The molecule has 6 rings (SSSR count). The molecule has 2 amide bonds. The zero-order valence-electron chi connectivity index (χ0n) is 18.3. The molecule has 4 atom stereocenters. The molecule has 182 valence electrons. The first kappa shape index (κ1) is 22.6. The average molecular weight is 513 g/mol. The van der Waals surface area contributed by atoms with Crippen molar-refractivity contribution in [2.24, 2.45) is 11.8 Å². The van der Waals surface area contributed by atoms with Crippen LogP contribution in [0, 0.1) is 11.8 Å². The fourth-order valence-electron chi connectivity index (χ4n) is 5.55. The van der Waals surface area contributed by atoms with Crippen molar-refractivity contribution < 1.29 is 32.0 Å². The first-order valence-corrected chi connectivity index (χ1v) is 11.4. The summed E-state index contributed by atoms with van der Waals surface area (Å²) in [5.74, 6) is -3.99. The van der Waals surface area contributed by atoms with E-state index in [1.54, 1.807) is 29.3 Å². The van der Waals surface area contributed by atoms with Crippen LogP contribution in [0.15, 0.2) is 71.5 Å². The van der Waals surface area contributed by atoms with E-state index in [0.717, 1.165) is 22.1 Å². The number of amides is 2. The summed E-state index contributed by atoms with van der Waals surface area (Å²) in [7, 11) is 0. The highest BCUT2D eigenvalue weighted by Gasteiger charge is 2.65. The van der Waals surface area contributed by atoms with Gasteiger partial charge in [0.15, 0.2) is 5.76 Å². The summed E-state index contributed by atoms with van der Waals surface area (Å²) in [4.78, 5) is 43.5. The molecule has 0 N–H and O–H groups in total. The number of ketones is 1. The van der Waals surface area contributed by atoms with E-state index in [-0.39, 0.29) is 11.4 Å². The third-order valence-corrected chi connectivity index (χ3v) is 7.34. The third kappa shape index (κ3) is 3.15. The second-order valence-corrected chi connectivity index (χ2v) is 9.26. The Balaban J connectivity index is 1.49. The molecule has 0 saturated carbocycles. The molecule has 10 heteroatoms. The van der Waals surface area contributed by atoms with Gasteiger partial charge in [0.25, 0.3) is 0 Å². The quantitative estimate of drug-likeness (QED) is 0.349. The average Bonchev–Trinajstić information content (AvgIpc) is 3.55. The Morgan fingerprint density at radius 2 is 1.72 bits per heavy atom. The topological polar surface area (TPSA) is 70.8 Å². The van der Waals surface area contributed by atoms with Crippen LogP contribution in [0.1, 0.15) is 33.3 Å². The Kier molecular flexibility index (Phi) is 4.91. The van der Waals surface area contributed by atoms with Crippen LogP contribution in [0.5, 0.6) is 0 Å². The molecular weight excluding hydrogens is 497 g/mol. The summed E-state index contributed by atoms with van der Waals surface area (Å²) in [5, 5.41) is -0.547. The van der Waals surface area contributed by atoms with Crippen LogP contribution in [0.25, 0.3) is 6.08 Å². The van der Waals surface area contributed by atoms with Crippen LogP contribution < -0.4 is 4.90 Å². The lowest BCUT2D eigenvalue weighted by Crippen LogP contribution is -2.44. The van der Waals surface area contributed by atoms with Gasteiger partial charge in [0.2, 0.25) is 17.6 Å². The highest BCUT2D eigenvalue weighted by molar-refractivity contribution is 6.32. The minimum absolute atomic E-state index is 0.0243. The largest absolute Gasteiger partial charge is 0.461 e. The Hall–Kier alpha value is -3.85. The Labute approximate surface area is 207 Å². The highest BCUT2D eigenvalue weighted by Crippen LogP contribution is 2.54. The lowest BCUT2D eigenvalue weighted by atomic mass is 9.84. The fourth-order valence-corrected chi connectivity index (χ4v) is 5.77. The molecule has 3 aliphatic rings. The molecule has 2 fully saturated rings. The summed E-state index contributed by atoms with van der Waals surface area (Å²) >= 11 is 5.75. The van der Waals surface area contributed by atoms with Gasteiger partial charge in [0.1, 0.15) is 6.04 Å². The van der Waals surface area contributed by atoms with Crippen LogP contribution in [-0.4, -0.2) is 28.5 Å². The summed E-state index contributed by atoms with van der Waals surface area (Å²) in [6, 6.07) is 11.5. The van der Waals surface area contributed by atoms with Crippen molar-refractivity contribution in [3.63, 3.8) is 0 Å². The van der Waals surface area contributed by atoms with E-state index < -0.39 is 58.3 Å². The van der Waals surface area contributed by atoms with Gasteiger partial charge in [-0.15, -0.1) is 0 Å². The maximum atomic E-state index is 13.8. The van der Waals surface area contributed by atoms with E-state index in [0.29, 0.717) is 6.07 Å². The van der Waals surface area contributed by atoms with Crippen molar-refractivity contribution in [3.8, 4) is 0 Å². The zero-order chi connectivity index (χ0) is 25.4. The number of furan rings is 1. The number of benzene rings is 2. The lowest BCUT2D eigenvalue weighted by molar-refractivity contribution is -0.137. The van der Waals surface area contributed by atoms with Crippen molar-refractivity contribution in [1.29, 1.82) is 0 Å². The number of anilines is 1. The molecule has 0 spiro atoms. The first-order chi connectivity index (χ1) is 17.2. The molecule has 0 unspecified atom stereocenters. The van der Waals surface area contributed by atoms with E-state index in [1.807, 2.05) is 18.2 Å². The second kappa shape index (κ2) is 7.83. The van der Waals surface area contributed by atoms with Gasteiger partial charge in [0, 0.05) is 6.20 Å². The van der Waals surface area contributed by atoms with Crippen LogP contribution in [0.4, 0.5) is 18.9 Å². The molecule has 0 radical (unpaired) electrons. The standard InChI is InChI=1S/C26H16ClF3N2O4/c27-17-8-7-14(12-16(17)26(28,29)30)32-24(34)19-20(25(32)35)22(23(33)18-6-3-11-36-18)31-10-9-13-4-1-2-5-15(13)21(19)31/h1-12,19-22H/t19-,20-,21+,22+/m1/s1. The van der Waals surface area contributed by atoms with Crippen molar-refractivity contribution in [3.05, 3.63) is 94.5 Å². The number of hydrogen-bond donors (Lipinski definition) is 0. The number of hydrogen-bond acceptors (Lipinski definition) is 5. The highest BCUT2D eigenvalue weighted by atomic mass is 35.5. The monoisotopic (exact) mass is 512 g/mol. The fraction of sp³-hybridized carbons (Fsp3) is 0.192. The van der Waals surface area contributed by atoms with Crippen LogP contribution in [0.2, 0.25) is 5.02 Å². The normalized spacial score (nSPS) is 24.7. The molecule has 2 aromatic carbocycles. The lowest BCUT2D eigenvalue weighted by Gasteiger charge is -2.35. The predicted octanol–water partition coefficient (Wildman–Crippen LogP) is 5.35.